The Morgan fingerprint density at radius 1 is 1.12 bits per heavy atom. The van der Waals surface area contributed by atoms with Gasteiger partial charge in [0.25, 0.3) is 5.91 Å². The summed E-state index contributed by atoms with van der Waals surface area (Å²) in [6, 6.07) is 3.17. The molecule has 0 saturated heterocycles. The number of pyridine rings is 1. The van der Waals surface area contributed by atoms with Gasteiger partial charge < -0.3 is 19.6 Å². The fraction of sp³-hybridized carbons (Fsp3) is 0.542. The number of carbonyl (C=O) groups is 3. The van der Waals surface area contributed by atoms with Gasteiger partial charge in [-0.1, -0.05) is 13.8 Å². The van der Waals surface area contributed by atoms with Gasteiger partial charge in [0.15, 0.2) is 0 Å². The molecule has 0 unspecified atom stereocenters. The third kappa shape index (κ3) is 4.90. The Labute approximate surface area is 199 Å². The van der Waals surface area contributed by atoms with Gasteiger partial charge in [0, 0.05) is 19.8 Å². The van der Waals surface area contributed by atoms with E-state index in [4.69, 9.17) is 9.84 Å². The third-order valence-corrected chi connectivity index (χ3v) is 5.91. The zero-order chi connectivity index (χ0) is 25.3. The summed E-state index contributed by atoms with van der Waals surface area (Å²) in [5.41, 5.74) is 0.705. The molecule has 10 heteroatoms. The lowest BCUT2D eigenvalue weighted by Gasteiger charge is -2.32. The van der Waals surface area contributed by atoms with E-state index in [-0.39, 0.29) is 18.0 Å². The SMILES string of the molecule is CC.CN(C(=O)c1cnn2c1CN(C(=O)OC(C)(C)C)CC2)C1(c2ccc(C(=O)O)cn2)CC1. The summed E-state index contributed by atoms with van der Waals surface area (Å²) < 4.78 is 7.23. The number of carbonyl (C=O) groups excluding carboxylic acids is 2. The van der Waals surface area contributed by atoms with Gasteiger partial charge in [0.05, 0.1) is 47.3 Å². The quantitative estimate of drug-likeness (QED) is 0.725. The highest BCUT2D eigenvalue weighted by Gasteiger charge is 2.52. The van der Waals surface area contributed by atoms with Crippen LogP contribution in [0.1, 0.15) is 79.6 Å². The van der Waals surface area contributed by atoms with Crippen molar-refractivity contribution in [1.82, 2.24) is 24.6 Å². The van der Waals surface area contributed by atoms with Crippen molar-refractivity contribution in [3.8, 4) is 0 Å². The van der Waals surface area contributed by atoms with Crippen molar-refractivity contribution in [2.24, 2.45) is 0 Å². The Hall–Kier alpha value is -3.43. The van der Waals surface area contributed by atoms with Gasteiger partial charge in [0.2, 0.25) is 0 Å². The van der Waals surface area contributed by atoms with Gasteiger partial charge in [-0.3, -0.25) is 14.5 Å². The van der Waals surface area contributed by atoms with Crippen LogP contribution in [0.5, 0.6) is 0 Å². The van der Waals surface area contributed by atoms with E-state index in [1.165, 1.54) is 12.3 Å². The molecule has 2 aliphatic rings. The smallest absolute Gasteiger partial charge is 0.410 e. The zero-order valence-electron chi connectivity index (χ0n) is 20.7. The molecule has 1 aliphatic carbocycles. The second-order valence-corrected chi connectivity index (χ2v) is 9.26. The first-order valence-corrected chi connectivity index (χ1v) is 11.5. The van der Waals surface area contributed by atoms with Crippen LogP contribution in [0.3, 0.4) is 0 Å². The van der Waals surface area contributed by atoms with Crippen molar-refractivity contribution in [3.05, 3.63) is 47.0 Å². The van der Waals surface area contributed by atoms with Crippen LogP contribution >= 0.6 is 0 Å². The predicted octanol–water partition coefficient (Wildman–Crippen LogP) is 3.51. The van der Waals surface area contributed by atoms with Gasteiger partial charge in [-0.15, -0.1) is 0 Å². The summed E-state index contributed by atoms with van der Waals surface area (Å²) in [7, 11) is 1.72. The number of amides is 2. The van der Waals surface area contributed by atoms with Crippen molar-refractivity contribution in [2.45, 2.75) is 71.7 Å². The molecule has 10 nitrogen and oxygen atoms in total. The molecule has 184 valence electrons. The Balaban J connectivity index is 0.00000158. The van der Waals surface area contributed by atoms with Crippen LogP contribution in [0.4, 0.5) is 4.79 Å². The number of hydrogen-bond acceptors (Lipinski definition) is 6. The number of fused-ring (bicyclic) bond motifs is 1. The van der Waals surface area contributed by atoms with E-state index in [1.807, 2.05) is 34.6 Å². The molecule has 0 atom stereocenters. The summed E-state index contributed by atoms with van der Waals surface area (Å²) in [5, 5.41) is 13.4. The Morgan fingerprint density at radius 3 is 2.32 bits per heavy atom. The normalized spacial score (nSPS) is 16.0. The summed E-state index contributed by atoms with van der Waals surface area (Å²) in [5.74, 6) is -1.25. The molecule has 0 radical (unpaired) electrons. The first-order valence-electron chi connectivity index (χ1n) is 11.5. The van der Waals surface area contributed by atoms with Crippen molar-refractivity contribution < 1.29 is 24.2 Å². The maximum Gasteiger partial charge on any atom is 0.410 e. The second kappa shape index (κ2) is 9.44. The van der Waals surface area contributed by atoms with Gasteiger partial charge in [-0.05, 0) is 45.7 Å². The fourth-order valence-electron chi connectivity index (χ4n) is 3.96. The van der Waals surface area contributed by atoms with E-state index < -0.39 is 23.2 Å². The molecule has 2 amide bonds. The minimum atomic E-state index is -1.04. The Morgan fingerprint density at radius 2 is 1.79 bits per heavy atom. The lowest BCUT2D eigenvalue weighted by molar-refractivity contribution is 0.0192. The summed E-state index contributed by atoms with van der Waals surface area (Å²) >= 11 is 0. The average molecular weight is 472 g/mol. The van der Waals surface area contributed by atoms with Crippen LogP contribution < -0.4 is 0 Å². The second-order valence-electron chi connectivity index (χ2n) is 9.26. The summed E-state index contributed by atoms with van der Waals surface area (Å²) in [6.45, 7) is 10.6. The third-order valence-electron chi connectivity index (χ3n) is 5.91. The molecule has 3 heterocycles. The van der Waals surface area contributed by atoms with Gasteiger partial charge in [-0.25, -0.2) is 9.59 Å². The van der Waals surface area contributed by atoms with E-state index in [0.29, 0.717) is 30.0 Å². The number of aromatic nitrogens is 3. The highest BCUT2D eigenvalue weighted by Crippen LogP contribution is 2.50. The number of hydrogen-bond donors (Lipinski definition) is 1. The summed E-state index contributed by atoms with van der Waals surface area (Å²) in [6.07, 6.45) is 3.92. The minimum absolute atomic E-state index is 0.103. The highest BCUT2D eigenvalue weighted by molar-refractivity contribution is 5.96. The molecule has 2 aromatic rings. The topological polar surface area (TPSA) is 118 Å². The molecule has 34 heavy (non-hydrogen) atoms. The molecule has 1 fully saturated rings. The van der Waals surface area contributed by atoms with Crippen molar-refractivity contribution >= 4 is 18.0 Å². The number of ether oxygens (including phenoxy) is 1. The lowest BCUT2D eigenvalue weighted by atomic mass is 10.1. The fourth-order valence-corrected chi connectivity index (χ4v) is 3.96. The van der Waals surface area contributed by atoms with Crippen molar-refractivity contribution in [2.75, 3.05) is 13.6 Å². The molecular weight excluding hydrogens is 438 g/mol. The van der Waals surface area contributed by atoms with Crippen LogP contribution in [-0.2, 0) is 23.4 Å². The average Bonchev–Trinajstić information content (AvgIpc) is 3.51. The van der Waals surface area contributed by atoms with Gasteiger partial charge >= 0.3 is 12.1 Å². The van der Waals surface area contributed by atoms with E-state index >= 15 is 0 Å². The highest BCUT2D eigenvalue weighted by atomic mass is 16.6. The number of nitrogens with zero attached hydrogens (tertiary/aromatic N) is 5. The number of aromatic carboxylic acids is 1. The molecule has 2 aromatic heterocycles. The Bertz CT molecular complexity index is 1070. The number of rotatable bonds is 4. The predicted molar refractivity (Wildman–Crippen MR) is 124 cm³/mol. The maximum atomic E-state index is 13.4. The lowest BCUT2D eigenvalue weighted by Crippen LogP contribution is -2.43. The first kappa shape index (κ1) is 25.2. The largest absolute Gasteiger partial charge is 0.478 e. The first-order chi connectivity index (χ1) is 16.0. The van der Waals surface area contributed by atoms with E-state index in [1.54, 1.807) is 33.8 Å². The Kier molecular flexibility index (Phi) is 6.99. The summed E-state index contributed by atoms with van der Waals surface area (Å²) in [4.78, 5) is 44.6. The van der Waals surface area contributed by atoms with Crippen LogP contribution in [-0.4, -0.2) is 66.8 Å². The van der Waals surface area contributed by atoms with Crippen LogP contribution in [0.25, 0.3) is 0 Å². The molecule has 1 saturated carbocycles. The van der Waals surface area contributed by atoms with Crippen molar-refractivity contribution in [1.29, 1.82) is 0 Å². The van der Waals surface area contributed by atoms with E-state index in [2.05, 4.69) is 10.1 Å². The molecule has 0 aromatic carbocycles. The van der Waals surface area contributed by atoms with E-state index in [0.717, 1.165) is 12.8 Å². The number of carboxylic acid groups (broad SMARTS) is 1. The van der Waals surface area contributed by atoms with Gasteiger partial charge in [-0.2, -0.15) is 5.10 Å². The van der Waals surface area contributed by atoms with Crippen LogP contribution in [0.2, 0.25) is 0 Å². The molecular formula is C24H33N5O5. The van der Waals surface area contributed by atoms with Crippen LogP contribution in [0, 0.1) is 0 Å². The molecule has 4 rings (SSSR count). The molecule has 1 N–H and O–H groups in total. The molecule has 0 bridgehead atoms. The van der Waals surface area contributed by atoms with Crippen molar-refractivity contribution in [3.63, 3.8) is 0 Å². The van der Waals surface area contributed by atoms with E-state index in [9.17, 15) is 14.4 Å². The monoisotopic (exact) mass is 471 g/mol. The van der Waals surface area contributed by atoms with Crippen LogP contribution in [0.15, 0.2) is 24.5 Å². The standard InChI is InChI=1S/C22H27N5O5.C2H6/c1-21(2,3)32-20(31)26-9-10-27-16(13-26)15(12-24-27)18(28)25(4)22(7-8-22)17-6-5-14(11-23-17)19(29)30;1-2/h5-6,11-12H,7-10,13H2,1-4H3,(H,29,30);1-2H3. The molecule has 0 spiro atoms. The minimum Gasteiger partial charge on any atom is -0.478 e. The zero-order valence-corrected chi connectivity index (χ0v) is 20.7. The molecule has 1 aliphatic heterocycles. The number of carboxylic acids is 1. The van der Waals surface area contributed by atoms with Gasteiger partial charge in [0.1, 0.15) is 5.60 Å². The maximum absolute atomic E-state index is 13.4.